The highest BCUT2D eigenvalue weighted by Gasteiger charge is 2.41. The number of aromatic hydroxyl groups is 1. The first-order valence-electron chi connectivity index (χ1n) is 28.4. The van der Waals surface area contributed by atoms with Crippen LogP contribution in [0.5, 0.6) is 5.75 Å². The van der Waals surface area contributed by atoms with E-state index in [1.807, 2.05) is 0 Å². The highest BCUT2D eigenvalue weighted by molar-refractivity contribution is 7.80. The SMILES string of the molecule is CC(C)[C@H](NC(=O)[C@H](Cc1ccccc1)NC(=O)[C@@H]1CCCN1C(=O)[C@H](CCCN=C(N)N)NC(=O)[C@H](CCCN=C(N)N)NC(=O)[C@H](CCCCN)NC(=O)CN)C(=O)N[C@@H](CS)C(=O)N[C@H](C(=O)N[C@@H](Cc1ccc(O)cc1)C(=O)O)[C@@H](C)O. The minimum Gasteiger partial charge on any atom is -0.508 e. The summed E-state index contributed by atoms with van der Waals surface area (Å²) in [6.45, 7) is 4.49. The van der Waals surface area contributed by atoms with Crippen molar-refractivity contribution < 1.29 is 63.3 Å². The zero-order chi connectivity index (χ0) is 64.0. The zero-order valence-corrected chi connectivity index (χ0v) is 49.6. The number of hydrogen-bond donors (Lipinski definition) is 18. The Morgan fingerprint density at radius 3 is 1.63 bits per heavy atom. The summed E-state index contributed by atoms with van der Waals surface area (Å²) in [4.78, 5) is 147. The van der Waals surface area contributed by atoms with Gasteiger partial charge in [-0.15, -0.1) is 0 Å². The average Bonchev–Trinajstić information content (AvgIpc) is 2.77. The summed E-state index contributed by atoms with van der Waals surface area (Å²) in [7, 11) is 0. The van der Waals surface area contributed by atoms with E-state index in [-0.39, 0.29) is 94.4 Å². The Bertz CT molecular complexity index is 2640. The molecule has 1 fully saturated rings. The number of phenols is 1. The summed E-state index contributed by atoms with van der Waals surface area (Å²) in [6.07, 6.45) is 0.0314. The molecule has 31 heteroatoms. The maximum Gasteiger partial charge on any atom is 0.326 e. The van der Waals surface area contributed by atoms with Gasteiger partial charge >= 0.3 is 5.97 Å². The third kappa shape index (κ3) is 24.7. The van der Waals surface area contributed by atoms with E-state index < -0.39 is 132 Å². The maximum absolute atomic E-state index is 14.8. The number of amides is 9. The van der Waals surface area contributed by atoms with Gasteiger partial charge in [0.05, 0.1) is 12.6 Å². The number of nitrogens with zero attached hydrogens (tertiary/aromatic N) is 3. The number of phenolic OH excluding ortho intramolecular Hbond substituents is 1. The number of nitrogens with one attached hydrogen (secondary N) is 8. The van der Waals surface area contributed by atoms with Gasteiger partial charge in [-0.2, -0.15) is 12.6 Å². The molecule has 0 aromatic heterocycles. The summed E-state index contributed by atoms with van der Waals surface area (Å²) in [5, 5.41) is 50.7. The van der Waals surface area contributed by atoms with Crippen LogP contribution in [0.25, 0.3) is 0 Å². The summed E-state index contributed by atoms with van der Waals surface area (Å²) < 4.78 is 0. The van der Waals surface area contributed by atoms with Crippen molar-refractivity contribution in [1.82, 2.24) is 47.4 Å². The smallest absolute Gasteiger partial charge is 0.326 e. The lowest BCUT2D eigenvalue weighted by Crippen LogP contribution is -2.62. The minimum atomic E-state index is -1.71. The van der Waals surface area contributed by atoms with Crippen molar-refractivity contribution in [2.75, 3.05) is 38.5 Å². The third-order valence-corrected chi connectivity index (χ3v) is 14.2. The Labute approximate surface area is 504 Å². The number of aliphatic hydroxyl groups excluding tert-OH is 1. The Morgan fingerprint density at radius 2 is 1.08 bits per heavy atom. The molecule has 23 N–H and O–H groups in total. The molecule has 0 bridgehead atoms. The van der Waals surface area contributed by atoms with Crippen LogP contribution < -0.4 is 76.9 Å². The molecule has 9 amide bonds. The number of likely N-dealkylation sites (tertiary alicyclic amines) is 1. The minimum absolute atomic E-state index is 0.0265. The number of thiol groups is 1. The van der Waals surface area contributed by atoms with E-state index in [1.54, 1.807) is 44.2 Å². The molecule has 476 valence electrons. The number of nitrogens with two attached hydrogens (primary N) is 6. The number of aliphatic imine (C=N–C) groups is 2. The van der Waals surface area contributed by atoms with Gasteiger partial charge in [0.2, 0.25) is 53.2 Å². The van der Waals surface area contributed by atoms with Gasteiger partial charge in [0.25, 0.3) is 0 Å². The molecule has 0 spiro atoms. The van der Waals surface area contributed by atoms with E-state index in [9.17, 15) is 63.3 Å². The molecule has 3 rings (SSSR count). The molecule has 0 aliphatic carbocycles. The van der Waals surface area contributed by atoms with Gasteiger partial charge in [-0.05, 0) is 100 Å². The quantitative estimate of drug-likeness (QED) is 0.0131. The second kappa shape index (κ2) is 37.2. The van der Waals surface area contributed by atoms with Gasteiger partial charge in [-0.1, -0.05) is 56.3 Å². The van der Waals surface area contributed by atoms with Crippen LogP contribution >= 0.6 is 12.6 Å². The molecule has 86 heavy (non-hydrogen) atoms. The summed E-state index contributed by atoms with van der Waals surface area (Å²) in [5.74, 6) is -10.2. The highest BCUT2D eigenvalue weighted by atomic mass is 32.1. The van der Waals surface area contributed by atoms with Crippen LogP contribution in [0.2, 0.25) is 0 Å². The van der Waals surface area contributed by atoms with Crippen LogP contribution in [-0.4, -0.2) is 190 Å². The van der Waals surface area contributed by atoms with Crippen LogP contribution in [0, 0.1) is 5.92 Å². The predicted molar refractivity (Wildman–Crippen MR) is 322 cm³/mol. The van der Waals surface area contributed by atoms with Crippen molar-refractivity contribution in [2.24, 2.45) is 50.3 Å². The number of aliphatic hydroxyl groups is 1. The topological polar surface area (TPSA) is 512 Å². The second-order valence-corrected chi connectivity index (χ2v) is 21.4. The monoisotopic (exact) mass is 1230 g/mol. The van der Waals surface area contributed by atoms with E-state index in [0.29, 0.717) is 36.9 Å². The fourth-order valence-electron chi connectivity index (χ4n) is 9.16. The van der Waals surface area contributed by atoms with E-state index in [2.05, 4.69) is 65.1 Å². The fourth-order valence-corrected chi connectivity index (χ4v) is 9.41. The molecule has 1 heterocycles. The standard InChI is InChI=1S/C55H87N17O13S/c1-30(2)43(50(81)69-40(29-86)48(79)71-44(31(3)73)51(82)68-39(53(84)85)27-33-18-20-34(74)21-19-33)70-47(78)38(26-32-12-5-4-6-13-32)67-49(80)41-17-11-25-72(41)52(83)37(16-10-24-63-55(60)61)66-46(77)36(15-9-23-62-54(58)59)65-45(76)35(14-7-8-22-56)64-42(75)28-57/h4-6,12-13,18-21,30-31,35-41,43-44,73-74,86H,7-11,14-17,22-29,56-57H2,1-3H3,(H,64,75)(H,65,76)(H,66,77)(H,67,80)(H,68,82)(H,69,81)(H,70,78)(H,71,79)(H,84,85)(H4,58,59,62)(H4,60,61,63)/t31-,35+,36+,37+,38+,39+,40+,41+,43+,44+/m1/s1. The maximum atomic E-state index is 14.8. The number of rotatable bonds is 37. The summed E-state index contributed by atoms with van der Waals surface area (Å²) in [6, 6.07) is 1.87. The van der Waals surface area contributed by atoms with E-state index in [4.69, 9.17) is 34.4 Å². The van der Waals surface area contributed by atoms with Crippen LogP contribution in [0.3, 0.4) is 0 Å². The molecule has 2 aromatic rings. The normalized spacial score (nSPS) is 16.0. The van der Waals surface area contributed by atoms with Gasteiger partial charge < -0.3 is 97.2 Å². The highest BCUT2D eigenvalue weighted by Crippen LogP contribution is 2.21. The number of carboxylic acid groups (broad SMARTS) is 1. The largest absolute Gasteiger partial charge is 0.508 e. The lowest BCUT2D eigenvalue weighted by molar-refractivity contribution is -0.143. The third-order valence-electron chi connectivity index (χ3n) is 13.8. The zero-order valence-electron chi connectivity index (χ0n) is 48.7. The summed E-state index contributed by atoms with van der Waals surface area (Å²) >= 11 is 4.23. The number of unbranched alkanes of at least 4 members (excludes halogenated alkanes) is 1. The molecule has 2 aromatic carbocycles. The average molecular weight is 1230 g/mol. The van der Waals surface area contributed by atoms with Crippen molar-refractivity contribution in [2.45, 2.75) is 152 Å². The molecule has 1 aliphatic heterocycles. The molecule has 0 radical (unpaired) electrons. The first-order valence-corrected chi connectivity index (χ1v) is 29.0. The molecule has 0 unspecified atom stereocenters. The number of carboxylic acids is 1. The number of benzene rings is 2. The van der Waals surface area contributed by atoms with Crippen LogP contribution in [-0.2, 0) is 60.8 Å². The van der Waals surface area contributed by atoms with Crippen LogP contribution in [0.1, 0.15) is 89.7 Å². The van der Waals surface area contributed by atoms with Gasteiger partial charge in [0.15, 0.2) is 11.9 Å². The first-order chi connectivity index (χ1) is 40.8. The number of carbonyl (C=O) groups excluding carboxylic acids is 9. The Hall–Kier alpha value is -8.29. The number of guanidine groups is 2. The Kier molecular flexibility index (Phi) is 31.1. The van der Waals surface area contributed by atoms with Crippen LogP contribution in [0.15, 0.2) is 64.6 Å². The first kappa shape index (κ1) is 72.0. The number of hydrogen-bond acceptors (Lipinski definition) is 17. The predicted octanol–water partition coefficient (Wildman–Crippen LogP) is -4.71. The van der Waals surface area contributed by atoms with Crippen molar-refractivity contribution in [1.29, 1.82) is 0 Å². The van der Waals surface area contributed by atoms with E-state index in [1.165, 1.54) is 36.1 Å². The molecule has 10 atom stereocenters. The number of carbonyl (C=O) groups is 10. The fraction of sp³-hybridized carbons (Fsp3) is 0.564. The lowest BCUT2D eigenvalue weighted by atomic mass is 10.00. The van der Waals surface area contributed by atoms with Gasteiger partial charge in [-0.3, -0.25) is 53.1 Å². The van der Waals surface area contributed by atoms with Crippen molar-refractivity contribution in [3.8, 4) is 5.75 Å². The Morgan fingerprint density at radius 1 is 0.593 bits per heavy atom. The van der Waals surface area contributed by atoms with Gasteiger partial charge in [-0.25, -0.2) is 4.79 Å². The summed E-state index contributed by atoms with van der Waals surface area (Å²) in [5.41, 5.74) is 34.4. The van der Waals surface area contributed by atoms with Crippen molar-refractivity contribution in [3.63, 3.8) is 0 Å². The number of aliphatic carboxylic acids is 1. The van der Waals surface area contributed by atoms with Crippen molar-refractivity contribution in [3.05, 3.63) is 65.7 Å². The Balaban J connectivity index is 1.89. The van der Waals surface area contributed by atoms with Crippen molar-refractivity contribution >= 4 is 83.7 Å². The van der Waals surface area contributed by atoms with E-state index in [0.717, 1.165) is 0 Å². The van der Waals surface area contributed by atoms with Crippen LogP contribution in [0.4, 0.5) is 0 Å². The van der Waals surface area contributed by atoms with E-state index >= 15 is 0 Å². The molecule has 1 aliphatic rings. The van der Waals surface area contributed by atoms with Gasteiger partial charge in [0, 0.05) is 38.2 Å². The molecule has 1 saturated heterocycles. The molecular formula is C55H87N17O13S. The lowest BCUT2D eigenvalue weighted by Gasteiger charge is -2.31. The second-order valence-electron chi connectivity index (χ2n) is 21.0. The van der Waals surface area contributed by atoms with Gasteiger partial charge in [0.1, 0.15) is 60.1 Å². The molecule has 0 saturated carbocycles. The molecular weight excluding hydrogens is 1140 g/mol. The molecule has 30 nitrogen and oxygen atoms in total.